The number of carbonyl (C=O) groups is 2. The Kier molecular flexibility index (Phi) is 8.18. The second-order valence-electron chi connectivity index (χ2n) is 7.74. The maximum atomic E-state index is 13.3. The van der Waals surface area contributed by atoms with Crippen LogP contribution in [0.5, 0.6) is 0 Å². The summed E-state index contributed by atoms with van der Waals surface area (Å²) < 4.78 is 10.9. The van der Waals surface area contributed by atoms with Gasteiger partial charge in [-0.15, -0.1) is 11.8 Å². The number of thioether (sulfide) groups is 1. The Morgan fingerprint density at radius 3 is 2.29 bits per heavy atom. The van der Waals surface area contributed by atoms with Gasteiger partial charge in [-0.05, 0) is 64.0 Å². The molecule has 0 amide bonds. The summed E-state index contributed by atoms with van der Waals surface area (Å²) in [7, 11) is 0. The first-order valence-electron chi connectivity index (χ1n) is 11.0. The third kappa shape index (κ3) is 5.14. The van der Waals surface area contributed by atoms with Crippen LogP contribution in [0.15, 0.2) is 45.5 Å². The van der Waals surface area contributed by atoms with Gasteiger partial charge in [0.1, 0.15) is 11.7 Å². The fraction of sp³-hybridized carbons (Fsp3) is 0.542. The fourth-order valence-electron chi connectivity index (χ4n) is 4.33. The second kappa shape index (κ2) is 10.8. The number of hydrogen-bond donors (Lipinski definition) is 0. The largest absolute Gasteiger partial charge is 0.465 e. The summed E-state index contributed by atoms with van der Waals surface area (Å²) in [5.41, 5.74) is 2.03. The van der Waals surface area contributed by atoms with Gasteiger partial charge in [-0.25, -0.2) is 9.79 Å². The van der Waals surface area contributed by atoms with Crippen molar-refractivity contribution in [2.75, 3.05) is 32.6 Å². The number of ether oxygens (including phenoxy) is 2. The molecule has 0 saturated carbocycles. The molecule has 2 aliphatic heterocycles. The minimum atomic E-state index is -0.659. The predicted octanol–water partition coefficient (Wildman–Crippen LogP) is 4.41. The molecule has 0 spiro atoms. The van der Waals surface area contributed by atoms with Gasteiger partial charge in [0.15, 0.2) is 0 Å². The molecule has 0 aromatic heterocycles. The Morgan fingerprint density at radius 2 is 1.71 bits per heavy atom. The Hall–Kier alpha value is -2.28. The lowest BCUT2D eigenvalue weighted by Gasteiger charge is -2.37. The molecule has 31 heavy (non-hydrogen) atoms. The van der Waals surface area contributed by atoms with Gasteiger partial charge in [0, 0.05) is 29.6 Å². The van der Waals surface area contributed by atoms with Crippen LogP contribution in [0.4, 0.5) is 0 Å². The van der Waals surface area contributed by atoms with Gasteiger partial charge in [0.05, 0.1) is 18.8 Å². The quantitative estimate of drug-likeness (QED) is 0.458. The summed E-state index contributed by atoms with van der Waals surface area (Å²) in [5.74, 6) is -1.28. The topological polar surface area (TPSA) is 68.2 Å². The van der Waals surface area contributed by atoms with E-state index in [1.54, 1.807) is 25.6 Å². The standard InChI is InChI=1S/C24H32N2O4S/c1-5-29-23(27)19-16(3)25-22(26-14-8-7-9-15-26)21(24(28)30-6-2)20(19)17-10-12-18(31-4)13-11-17/h10-13,19-20H,5-9,14-15H2,1-4H3. The van der Waals surface area contributed by atoms with E-state index in [1.807, 2.05) is 37.4 Å². The van der Waals surface area contributed by atoms with E-state index in [2.05, 4.69) is 4.90 Å². The van der Waals surface area contributed by atoms with E-state index < -0.39 is 17.8 Å². The molecular weight excluding hydrogens is 412 g/mol. The van der Waals surface area contributed by atoms with Crippen LogP contribution in [-0.4, -0.2) is 55.1 Å². The van der Waals surface area contributed by atoms with Crippen LogP contribution in [-0.2, 0) is 19.1 Å². The van der Waals surface area contributed by atoms with Gasteiger partial charge in [0.2, 0.25) is 0 Å². The third-order valence-electron chi connectivity index (χ3n) is 5.78. The van der Waals surface area contributed by atoms with Crippen LogP contribution in [0, 0.1) is 5.92 Å². The smallest absolute Gasteiger partial charge is 0.338 e. The number of benzene rings is 1. The van der Waals surface area contributed by atoms with E-state index in [-0.39, 0.29) is 19.2 Å². The van der Waals surface area contributed by atoms with Gasteiger partial charge in [-0.3, -0.25) is 4.79 Å². The molecule has 2 heterocycles. The molecule has 0 radical (unpaired) electrons. The molecule has 1 saturated heterocycles. The van der Waals surface area contributed by atoms with Crippen molar-refractivity contribution in [2.45, 2.75) is 50.8 Å². The van der Waals surface area contributed by atoms with Crippen molar-refractivity contribution in [3.05, 3.63) is 41.2 Å². The fourth-order valence-corrected chi connectivity index (χ4v) is 4.73. The predicted molar refractivity (Wildman–Crippen MR) is 123 cm³/mol. The number of hydrogen-bond acceptors (Lipinski definition) is 7. The number of nitrogens with zero attached hydrogens (tertiary/aromatic N) is 2. The van der Waals surface area contributed by atoms with Crippen molar-refractivity contribution in [1.82, 2.24) is 4.90 Å². The summed E-state index contributed by atoms with van der Waals surface area (Å²) >= 11 is 1.65. The number of aliphatic imine (C=N–C) groups is 1. The van der Waals surface area contributed by atoms with Gasteiger partial charge in [-0.2, -0.15) is 0 Å². The van der Waals surface area contributed by atoms with Gasteiger partial charge in [-0.1, -0.05) is 12.1 Å². The van der Waals surface area contributed by atoms with Gasteiger partial charge < -0.3 is 14.4 Å². The van der Waals surface area contributed by atoms with E-state index in [4.69, 9.17) is 14.5 Å². The lowest BCUT2D eigenvalue weighted by Crippen LogP contribution is -2.40. The monoisotopic (exact) mass is 444 g/mol. The zero-order valence-corrected chi connectivity index (χ0v) is 19.7. The lowest BCUT2D eigenvalue weighted by atomic mass is 9.76. The summed E-state index contributed by atoms with van der Waals surface area (Å²) in [5, 5.41) is 0. The lowest BCUT2D eigenvalue weighted by molar-refractivity contribution is -0.146. The number of likely N-dealkylation sites (tertiary alicyclic amines) is 1. The van der Waals surface area contributed by atoms with E-state index in [0.29, 0.717) is 17.1 Å². The molecule has 0 N–H and O–H groups in total. The summed E-state index contributed by atoms with van der Waals surface area (Å²) in [6.45, 7) is 7.67. The van der Waals surface area contributed by atoms with Crippen molar-refractivity contribution < 1.29 is 19.1 Å². The van der Waals surface area contributed by atoms with Crippen molar-refractivity contribution in [3.8, 4) is 0 Å². The average Bonchev–Trinajstić information content (AvgIpc) is 2.79. The van der Waals surface area contributed by atoms with Crippen LogP contribution in [0.25, 0.3) is 0 Å². The van der Waals surface area contributed by atoms with Crippen molar-refractivity contribution in [2.24, 2.45) is 10.9 Å². The van der Waals surface area contributed by atoms with E-state index in [9.17, 15) is 9.59 Å². The van der Waals surface area contributed by atoms with E-state index in [0.717, 1.165) is 36.4 Å². The second-order valence-corrected chi connectivity index (χ2v) is 8.62. The molecule has 1 aromatic rings. The number of piperidine rings is 1. The molecule has 6 nitrogen and oxygen atoms in total. The molecule has 7 heteroatoms. The number of esters is 2. The summed E-state index contributed by atoms with van der Waals surface area (Å²) in [6, 6.07) is 8.03. The van der Waals surface area contributed by atoms with Gasteiger partial charge in [0.25, 0.3) is 0 Å². The average molecular weight is 445 g/mol. The van der Waals surface area contributed by atoms with Crippen LogP contribution in [0.2, 0.25) is 0 Å². The molecule has 3 rings (SSSR count). The molecule has 1 fully saturated rings. The van der Waals surface area contributed by atoms with Crippen molar-refractivity contribution in [3.63, 3.8) is 0 Å². The van der Waals surface area contributed by atoms with Crippen molar-refractivity contribution >= 4 is 29.4 Å². The summed E-state index contributed by atoms with van der Waals surface area (Å²) in [6.07, 6.45) is 5.31. The van der Waals surface area contributed by atoms with E-state index >= 15 is 0 Å². The van der Waals surface area contributed by atoms with Crippen LogP contribution >= 0.6 is 11.8 Å². The highest BCUT2D eigenvalue weighted by atomic mass is 32.2. The zero-order valence-electron chi connectivity index (χ0n) is 18.8. The number of carbonyl (C=O) groups excluding carboxylic acids is 2. The molecule has 2 unspecified atom stereocenters. The highest BCUT2D eigenvalue weighted by Crippen LogP contribution is 2.42. The summed E-state index contributed by atoms with van der Waals surface area (Å²) in [4.78, 5) is 34.4. The van der Waals surface area contributed by atoms with Crippen LogP contribution < -0.4 is 0 Å². The molecule has 0 bridgehead atoms. The molecule has 168 valence electrons. The Labute approximate surface area is 189 Å². The zero-order chi connectivity index (χ0) is 22.4. The minimum absolute atomic E-state index is 0.264. The van der Waals surface area contributed by atoms with E-state index in [1.165, 1.54) is 6.42 Å². The first kappa shape index (κ1) is 23.4. The first-order chi connectivity index (χ1) is 15.0. The SMILES string of the molecule is CCOC(=O)C1=C(N2CCCCC2)N=C(C)C(C(=O)OCC)C1c1ccc(SC)cc1. The normalized spacial score (nSPS) is 21.5. The van der Waals surface area contributed by atoms with Crippen LogP contribution in [0.3, 0.4) is 0 Å². The van der Waals surface area contributed by atoms with Crippen molar-refractivity contribution in [1.29, 1.82) is 0 Å². The molecular formula is C24H32N2O4S. The van der Waals surface area contributed by atoms with Crippen LogP contribution in [0.1, 0.15) is 51.5 Å². The Bertz CT molecular complexity index is 857. The van der Waals surface area contributed by atoms with Gasteiger partial charge >= 0.3 is 11.9 Å². The maximum absolute atomic E-state index is 13.3. The Morgan fingerprint density at radius 1 is 1.06 bits per heavy atom. The molecule has 2 atom stereocenters. The number of rotatable bonds is 7. The minimum Gasteiger partial charge on any atom is -0.465 e. The first-order valence-corrected chi connectivity index (χ1v) is 12.3. The highest BCUT2D eigenvalue weighted by Gasteiger charge is 2.44. The third-order valence-corrected chi connectivity index (χ3v) is 6.53. The Balaban J connectivity index is 2.18. The molecule has 1 aromatic carbocycles. The highest BCUT2D eigenvalue weighted by molar-refractivity contribution is 7.98. The maximum Gasteiger partial charge on any atom is 0.338 e. The molecule has 0 aliphatic carbocycles. The molecule has 2 aliphatic rings.